The largest absolute Gasteiger partial charge is 0.510 e. The number of primary amides is 1. The van der Waals surface area contributed by atoms with Gasteiger partial charge in [0.15, 0.2) is 11.4 Å². The maximum absolute atomic E-state index is 13.9. The number of amides is 2. The van der Waals surface area contributed by atoms with Gasteiger partial charge in [0.05, 0.1) is 11.6 Å². The first-order valence-corrected chi connectivity index (χ1v) is 13.5. The summed E-state index contributed by atoms with van der Waals surface area (Å²) >= 11 is 0. The van der Waals surface area contributed by atoms with E-state index in [2.05, 4.69) is 5.32 Å². The predicted octanol–water partition coefficient (Wildman–Crippen LogP) is 1.05. The van der Waals surface area contributed by atoms with E-state index in [0.717, 1.165) is 5.06 Å². The van der Waals surface area contributed by atoms with E-state index in [1.54, 1.807) is 44.4 Å². The van der Waals surface area contributed by atoms with Crippen LogP contribution in [0.3, 0.4) is 0 Å². The van der Waals surface area contributed by atoms with Crippen molar-refractivity contribution < 1.29 is 44.8 Å². The number of phenols is 1. The molecule has 0 spiro atoms. The normalized spacial score (nSPS) is 25.0. The lowest BCUT2D eigenvalue weighted by Crippen LogP contribution is -2.63. The molecule has 0 saturated heterocycles. The number of aliphatic hydroxyl groups is 3. The van der Waals surface area contributed by atoms with Crippen LogP contribution in [0.5, 0.6) is 5.75 Å². The highest BCUT2D eigenvalue weighted by Gasteiger charge is 2.63. The van der Waals surface area contributed by atoms with E-state index >= 15 is 0 Å². The number of nitrogens with zero attached hydrogens (tertiary/aromatic N) is 2. The number of hydrogen-bond acceptors (Lipinski definition) is 11. The Kier molecular flexibility index (Phi) is 7.38. The minimum absolute atomic E-state index is 0.0227. The fourth-order valence-corrected chi connectivity index (χ4v) is 6.66. The van der Waals surface area contributed by atoms with Gasteiger partial charge in [-0.25, -0.2) is 0 Å². The van der Waals surface area contributed by atoms with Gasteiger partial charge in [-0.05, 0) is 67.7 Å². The zero-order chi connectivity index (χ0) is 31.5. The lowest BCUT2D eigenvalue weighted by Gasteiger charge is -2.50. The Labute approximate surface area is 246 Å². The first-order valence-electron chi connectivity index (χ1n) is 13.5. The average Bonchev–Trinajstić information content (AvgIpc) is 2.90. The number of aromatic hydroxyl groups is 1. The van der Waals surface area contributed by atoms with Crippen molar-refractivity contribution in [2.75, 3.05) is 33.0 Å². The number of hydroxylamine groups is 2. The van der Waals surface area contributed by atoms with Crippen LogP contribution in [0.15, 0.2) is 59.1 Å². The van der Waals surface area contributed by atoms with Crippen molar-refractivity contribution in [3.63, 3.8) is 0 Å². The van der Waals surface area contributed by atoms with Crippen molar-refractivity contribution in [2.24, 2.45) is 17.6 Å². The van der Waals surface area contributed by atoms with Crippen molar-refractivity contribution >= 4 is 29.1 Å². The van der Waals surface area contributed by atoms with E-state index in [4.69, 9.17) is 5.73 Å². The van der Waals surface area contributed by atoms with Gasteiger partial charge in [0.25, 0.3) is 5.91 Å². The van der Waals surface area contributed by atoms with Gasteiger partial charge in [0.1, 0.15) is 29.4 Å². The fourth-order valence-electron chi connectivity index (χ4n) is 6.66. The Bertz CT molecular complexity index is 1630. The molecule has 2 amide bonds. The number of aliphatic hydroxyl groups excluding tert-OH is 2. The molecular weight excluding hydrogens is 560 g/mol. The van der Waals surface area contributed by atoms with E-state index in [-0.39, 0.29) is 36.3 Å². The predicted molar refractivity (Wildman–Crippen MR) is 152 cm³/mol. The van der Waals surface area contributed by atoms with Crippen LogP contribution in [-0.4, -0.2) is 98.3 Å². The zero-order valence-electron chi connectivity index (χ0n) is 23.7. The summed E-state index contributed by atoms with van der Waals surface area (Å²) in [7, 11) is 4.48. The molecule has 3 aliphatic carbocycles. The quantitative estimate of drug-likeness (QED) is 0.186. The molecule has 0 aromatic heterocycles. The van der Waals surface area contributed by atoms with Gasteiger partial charge >= 0.3 is 0 Å². The molecule has 5 rings (SSSR count). The zero-order valence-corrected chi connectivity index (χ0v) is 23.7. The Morgan fingerprint density at radius 2 is 1.70 bits per heavy atom. The average molecular weight is 593 g/mol. The van der Waals surface area contributed by atoms with Crippen LogP contribution < -0.4 is 11.1 Å². The first kappa shape index (κ1) is 29.9. The number of nitrogens with two attached hydrogens (primary N) is 1. The number of allylic oxidation sites excluding steroid dienone is 1. The molecule has 0 bridgehead atoms. The van der Waals surface area contributed by atoms with E-state index in [0.29, 0.717) is 22.4 Å². The second-order valence-electron chi connectivity index (χ2n) is 11.4. The SMILES string of the molecule is CN(O)CC(=O)Nc1ccc(-c2ccc(O)c3c2C[C@H]2C[C@H]4C(N(C)C)C(O)=C(C(N)=O)C(=O)[C@@]4(O)C(O)=C2C3=O)cc1. The molecule has 43 heavy (non-hydrogen) atoms. The third-order valence-electron chi connectivity index (χ3n) is 8.46. The summed E-state index contributed by atoms with van der Waals surface area (Å²) in [5.41, 5.74) is 3.69. The van der Waals surface area contributed by atoms with Crippen molar-refractivity contribution in [1.29, 1.82) is 0 Å². The number of hydrogen-bond donors (Lipinski definition) is 7. The summed E-state index contributed by atoms with van der Waals surface area (Å²) < 4.78 is 0. The van der Waals surface area contributed by atoms with Gasteiger partial charge in [0.2, 0.25) is 11.7 Å². The minimum atomic E-state index is -2.71. The molecule has 2 aromatic carbocycles. The van der Waals surface area contributed by atoms with Gasteiger partial charge in [0, 0.05) is 24.2 Å². The van der Waals surface area contributed by atoms with Crippen molar-refractivity contribution in [1.82, 2.24) is 9.96 Å². The third kappa shape index (κ3) is 4.66. The molecule has 0 fully saturated rings. The number of carbonyl (C=O) groups excluding carboxylic acids is 4. The van der Waals surface area contributed by atoms with Crippen LogP contribution in [0.2, 0.25) is 0 Å². The maximum Gasteiger partial charge on any atom is 0.255 e. The smallest absolute Gasteiger partial charge is 0.255 e. The van der Waals surface area contributed by atoms with Crippen LogP contribution in [0.25, 0.3) is 11.1 Å². The molecule has 0 radical (unpaired) electrons. The van der Waals surface area contributed by atoms with Crippen LogP contribution in [-0.2, 0) is 20.8 Å². The second kappa shape index (κ2) is 10.6. The lowest BCUT2D eigenvalue weighted by atomic mass is 9.58. The van der Waals surface area contributed by atoms with E-state index < -0.39 is 64.0 Å². The van der Waals surface area contributed by atoms with Crippen LogP contribution >= 0.6 is 0 Å². The maximum atomic E-state index is 13.9. The molecule has 2 aromatic rings. The highest BCUT2D eigenvalue weighted by molar-refractivity contribution is 6.25. The number of anilines is 1. The molecule has 13 heteroatoms. The number of nitrogens with one attached hydrogen (secondary N) is 1. The number of ketones is 2. The second-order valence-corrected chi connectivity index (χ2v) is 11.4. The van der Waals surface area contributed by atoms with Crippen molar-refractivity contribution in [3.8, 4) is 16.9 Å². The summed E-state index contributed by atoms with van der Waals surface area (Å²) in [6.45, 7) is -0.229. The topological polar surface area (TPSA) is 214 Å². The number of rotatable bonds is 6. The van der Waals surface area contributed by atoms with E-state index in [9.17, 15) is 44.8 Å². The summed E-state index contributed by atoms with van der Waals surface area (Å²) in [6.07, 6.45) is 0.116. The van der Waals surface area contributed by atoms with Gasteiger partial charge < -0.3 is 36.7 Å². The van der Waals surface area contributed by atoms with Gasteiger partial charge in [-0.1, -0.05) is 18.2 Å². The standard InChI is InChI=1S/C30H32N4O9/c1-33(2)24-18-11-14-10-17-16(13-4-6-15(7-5-13)32-20(36)12-34(3)43)8-9-19(35)22(17)25(37)21(14)27(39)30(18,42)28(40)23(26(24)38)29(31)41/h4-9,14,18,24,35,38-39,42-43H,10-12H2,1-3H3,(H2,31,41)(H,32,36)/t14-,18-,24?,30-/m0/s1. The molecule has 0 heterocycles. The summed E-state index contributed by atoms with van der Waals surface area (Å²) in [6, 6.07) is 8.62. The Hall–Kier alpha value is -4.56. The molecule has 4 atom stereocenters. The molecule has 3 aliphatic rings. The van der Waals surface area contributed by atoms with E-state index in [1.807, 2.05) is 0 Å². The molecule has 8 N–H and O–H groups in total. The molecule has 226 valence electrons. The molecule has 0 aliphatic heterocycles. The number of fused-ring (bicyclic) bond motifs is 3. The number of benzene rings is 2. The molecule has 1 unspecified atom stereocenters. The number of phenolic OH excluding ortho intramolecular Hbond substituents is 1. The monoisotopic (exact) mass is 592 g/mol. The first-order chi connectivity index (χ1) is 20.2. The van der Waals surface area contributed by atoms with Crippen LogP contribution in [0, 0.1) is 11.8 Å². The number of likely N-dealkylation sites (N-methyl/N-ethyl adjacent to an activating group) is 2. The van der Waals surface area contributed by atoms with Crippen molar-refractivity contribution in [2.45, 2.75) is 24.5 Å². The molecular formula is C30H32N4O9. The summed E-state index contributed by atoms with van der Waals surface area (Å²) in [5, 5.41) is 57.5. The third-order valence-corrected chi connectivity index (χ3v) is 8.46. The molecule has 13 nitrogen and oxygen atoms in total. The van der Waals surface area contributed by atoms with Gasteiger partial charge in [-0.3, -0.25) is 24.1 Å². The van der Waals surface area contributed by atoms with Crippen LogP contribution in [0.1, 0.15) is 22.3 Å². The lowest BCUT2D eigenvalue weighted by molar-refractivity contribution is -0.148. The van der Waals surface area contributed by atoms with Crippen LogP contribution in [0.4, 0.5) is 5.69 Å². The summed E-state index contributed by atoms with van der Waals surface area (Å²) in [4.78, 5) is 52.9. The van der Waals surface area contributed by atoms with Gasteiger partial charge in [-0.2, -0.15) is 5.06 Å². The highest BCUT2D eigenvalue weighted by atomic mass is 16.5. The Morgan fingerprint density at radius 1 is 1.05 bits per heavy atom. The van der Waals surface area contributed by atoms with E-state index in [1.165, 1.54) is 18.0 Å². The summed E-state index contributed by atoms with van der Waals surface area (Å²) in [5.74, 6) is -7.53. The minimum Gasteiger partial charge on any atom is -0.510 e. The van der Waals surface area contributed by atoms with Gasteiger partial charge in [-0.15, -0.1) is 0 Å². The Balaban J connectivity index is 1.59. The fraction of sp³-hybridized carbons (Fsp3) is 0.333. The molecule has 0 saturated carbocycles. The number of carbonyl (C=O) groups is 4. The van der Waals surface area contributed by atoms with Crippen molar-refractivity contribution in [3.05, 3.63) is 70.2 Å². The number of Topliss-reactive ketones (excluding diaryl/α,β-unsaturated/α-hetero) is 2. The highest BCUT2D eigenvalue weighted by Crippen LogP contribution is 2.53. The Morgan fingerprint density at radius 3 is 2.28 bits per heavy atom.